The Labute approximate surface area is 309 Å². The predicted octanol–water partition coefficient (Wildman–Crippen LogP) is 8.69. The summed E-state index contributed by atoms with van der Waals surface area (Å²) in [5.74, 6) is -0.199. The van der Waals surface area contributed by atoms with Gasteiger partial charge in [-0.3, -0.25) is 24.2 Å². The van der Waals surface area contributed by atoms with Crippen LogP contribution in [-0.4, -0.2) is 67.3 Å². The van der Waals surface area contributed by atoms with Crippen molar-refractivity contribution in [3.8, 4) is 0 Å². The Hall–Kier alpha value is -3.44. The Morgan fingerprint density at radius 1 is 0.961 bits per heavy atom. The van der Waals surface area contributed by atoms with E-state index in [2.05, 4.69) is 54.6 Å². The Morgan fingerprint density at radius 2 is 1.65 bits per heavy atom. The molecule has 1 unspecified atom stereocenters. The zero-order chi connectivity index (χ0) is 36.9. The molecular weight excluding hydrogens is 727 g/mol. The summed E-state index contributed by atoms with van der Waals surface area (Å²) >= 11 is 13.3. The average molecular weight is 772 g/mol. The Bertz CT molecular complexity index is 2020. The third-order valence-electron chi connectivity index (χ3n) is 8.27. The maximum atomic E-state index is 14.4. The van der Waals surface area contributed by atoms with Crippen LogP contribution in [0.5, 0.6) is 0 Å². The number of fused-ring (bicyclic) bond motifs is 3. The number of ether oxygens (including phenoxy) is 2. The molecule has 1 atom stereocenters. The summed E-state index contributed by atoms with van der Waals surface area (Å²) in [6, 6.07) is 11.5. The van der Waals surface area contributed by atoms with Crippen LogP contribution < -0.4 is 15.8 Å². The highest BCUT2D eigenvalue weighted by atomic mass is 35.5. The summed E-state index contributed by atoms with van der Waals surface area (Å²) in [4.78, 5) is 29.4. The molecule has 0 fully saturated rings. The zero-order valence-electron chi connectivity index (χ0n) is 29.8. The van der Waals surface area contributed by atoms with E-state index in [0.29, 0.717) is 57.8 Å². The van der Waals surface area contributed by atoms with Crippen molar-refractivity contribution in [1.82, 2.24) is 19.5 Å². The highest BCUT2D eigenvalue weighted by Gasteiger charge is 2.25. The molecule has 0 aliphatic carbocycles. The summed E-state index contributed by atoms with van der Waals surface area (Å²) in [7, 11) is -2.75. The van der Waals surface area contributed by atoms with Crippen molar-refractivity contribution >= 4 is 78.2 Å². The minimum atomic E-state index is -1.42. The van der Waals surface area contributed by atoms with Gasteiger partial charge in [-0.1, -0.05) is 62.5 Å². The van der Waals surface area contributed by atoms with E-state index in [0.717, 1.165) is 12.1 Å². The third-order valence-corrected chi connectivity index (χ3v) is 12.3. The SMILES string of the molecule is C[Si](C)(C)CCOCN(c1c(Cl)cc(F)cc1Cl)c1nc2ccc(NCC(O)c3cnccn3)cc2c2c(=O)n(COCC[Si](C)(C)C)ccc12. The largest absolute Gasteiger partial charge is 0.385 e. The van der Waals surface area contributed by atoms with Gasteiger partial charge in [-0.05, 0) is 48.5 Å². The number of benzene rings is 2. The molecule has 0 aliphatic heterocycles. The fraction of sp³-hybridized carbons (Fsp3) is 0.389. The maximum Gasteiger partial charge on any atom is 0.261 e. The van der Waals surface area contributed by atoms with E-state index >= 15 is 0 Å². The smallest absolute Gasteiger partial charge is 0.261 e. The van der Waals surface area contributed by atoms with Crippen LogP contribution in [0.4, 0.5) is 21.6 Å². The van der Waals surface area contributed by atoms with Gasteiger partial charge in [0.2, 0.25) is 0 Å². The number of nitrogens with zero attached hydrogens (tertiary/aromatic N) is 5. The molecule has 15 heteroatoms. The van der Waals surface area contributed by atoms with Crippen molar-refractivity contribution in [2.24, 2.45) is 0 Å². The van der Waals surface area contributed by atoms with Gasteiger partial charge in [-0.25, -0.2) is 9.37 Å². The lowest BCUT2D eigenvalue weighted by Gasteiger charge is -2.28. The van der Waals surface area contributed by atoms with Gasteiger partial charge in [-0.2, -0.15) is 0 Å². The molecule has 3 heterocycles. The minimum absolute atomic E-state index is 0.00591. The van der Waals surface area contributed by atoms with Gasteiger partial charge in [0.05, 0.1) is 38.5 Å². The van der Waals surface area contributed by atoms with Crippen LogP contribution in [0.25, 0.3) is 21.7 Å². The summed E-state index contributed by atoms with van der Waals surface area (Å²) in [5, 5.41) is 15.6. The molecular formula is C36H45Cl2FN6O4Si2. The number of hydrogen-bond acceptors (Lipinski definition) is 9. The number of aliphatic hydroxyl groups is 1. The number of rotatable bonds is 16. The number of aromatic nitrogens is 4. The number of halogens is 3. The molecule has 0 bridgehead atoms. The topological polar surface area (TPSA) is 115 Å². The molecule has 0 saturated carbocycles. The quantitative estimate of drug-likeness (QED) is 0.0440. The second kappa shape index (κ2) is 16.5. The Balaban J connectivity index is 1.63. The van der Waals surface area contributed by atoms with Gasteiger partial charge in [0.25, 0.3) is 5.56 Å². The molecule has 5 rings (SSSR count). The standard InChI is InChI=1S/C36H45Cl2FN6O4Si2/c1-50(2,3)15-13-48-22-44-12-9-26-33(36(44)47)27-19-25(42-21-32(46)31-20-40-10-11-41-31)7-8-30(27)43-35(26)45(23-49-14-16-51(4,5)6)34-28(37)17-24(39)18-29(34)38/h7-12,17-20,32,42,46H,13-16,21-23H2,1-6H3. The molecule has 272 valence electrons. The molecule has 51 heavy (non-hydrogen) atoms. The van der Waals surface area contributed by atoms with Crippen LogP contribution in [0.1, 0.15) is 11.8 Å². The van der Waals surface area contributed by atoms with Crippen LogP contribution in [0.2, 0.25) is 61.4 Å². The summed E-state index contributed by atoms with van der Waals surface area (Å²) < 4.78 is 28.1. The number of nitrogens with one attached hydrogen (secondary N) is 1. The third kappa shape index (κ3) is 10.1. The molecule has 0 aliphatic rings. The van der Waals surface area contributed by atoms with Crippen molar-refractivity contribution in [3.63, 3.8) is 0 Å². The number of hydrogen-bond donors (Lipinski definition) is 2. The van der Waals surface area contributed by atoms with Gasteiger partial charge < -0.3 is 19.9 Å². The average Bonchev–Trinajstić information content (AvgIpc) is 3.06. The second-order valence-corrected chi connectivity index (χ2v) is 27.0. The second-order valence-electron chi connectivity index (χ2n) is 14.9. The summed E-state index contributed by atoms with van der Waals surface area (Å²) in [5.41, 5.74) is 1.66. The normalized spacial score (nSPS) is 12.8. The number of pyridine rings is 2. The van der Waals surface area contributed by atoms with Crippen LogP contribution in [-0.2, 0) is 16.2 Å². The lowest BCUT2D eigenvalue weighted by molar-refractivity contribution is 0.0851. The lowest BCUT2D eigenvalue weighted by atomic mass is 10.1. The highest BCUT2D eigenvalue weighted by molar-refractivity contribution is 6.76. The van der Waals surface area contributed by atoms with E-state index in [4.69, 9.17) is 37.7 Å². The Morgan fingerprint density at radius 3 is 2.29 bits per heavy atom. The van der Waals surface area contributed by atoms with Gasteiger partial charge in [0.15, 0.2) is 0 Å². The van der Waals surface area contributed by atoms with Crippen LogP contribution in [0, 0.1) is 5.82 Å². The van der Waals surface area contributed by atoms with Crippen LogP contribution >= 0.6 is 23.2 Å². The van der Waals surface area contributed by atoms with Crippen molar-refractivity contribution < 1.29 is 19.0 Å². The van der Waals surface area contributed by atoms with Crippen molar-refractivity contribution in [2.45, 2.75) is 64.2 Å². The molecule has 0 spiro atoms. The van der Waals surface area contributed by atoms with Crippen molar-refractivity contribution in [1.29, 1.82) is 0 Å². The first-order chi connectivity index (χ1) is 24.1. The lowest BCUT2D eigenvalue weighted by Crippen LogP contribution is -2.28. The first-order valence-corrected chi connectivity index (χ1v) is 25.0. The fourth-order valence-corrected chi connectivity index (χ4v) is 7.53. The van der Waals surface area contributed by atoms with Gasteiger partial charge in [0, 0.05) is 71.0 Å². The van der Waals surface area contributed by atoms with Gasteiger partial charge in [-0.15, -0.1) is 0 Å². The number of aliphatic hydroxyl groups excluding tert-OH is 1. The van der Waals surface area contributed by atoms with Crippen molar-refractivity contribution in [2.75, 3.05) is 36.7 Å². The van der Waals surface area contributed by atoms with Gasteiger partial charge >= 0.3 is 0 Å². The Kier molecular flexibility index (Phi) is 12.5. The maximum absolute atomic E-state index is 14.4. The molecule has 0 radical (unpaired) electrons. The van der Waals surface area contributed by atoms with E-state index in [1.807, 2.05) is 18.2 Å². The molecule has 2 N–H and O–H groups in total. The first kappa shape index (κ1) is 38.8. The van der Waals surface area contributed by atoms with Gasteiger partial charge in [0.1, 0.15) is 31.2 Å². The molecule has 2 aromatic carbocycles. The number of anilines is 3. The molecule has 5 aromatic rings. The first-order valence-electron chi connectivity index (χ1n) is 16.8. The predicted molar refractivity (Wildman–Crippen MR) is 211 cm³/mol. The van der Waals surface area contributed by atoms with E-state index < -0.39 is 28.1 Å². The van der Waals surface area contributed by atoms with E-state index in [9.17, 15) is 14.3 Å². The molecule has 0 amide bonds. The fourth-order valence-electron chi connectivity index (χ4n) is 5.35. The molecule has 0 saturated heterocycles. The van der Waals surface area contributed by atoms with E-state index in [1.54, 1.807) is 27.9 Å². The van der Waals surface area contributed by atoms with E-state index in [-0.39, 0.29) is 35.6 Å². The van der Waals surface area contributed by atoms with Crippen LogP contribution in [0.15, 0.2) is 66.0 Å². The van der Waals surface area contributed by atoms with E-state index in [1.165, 1.54) is 24.5 Å². The zero-order valence-corrected chi connectivity index (χ0v) is 33.4. The minimum Gasteiger partial charge on any atom is -0.385 e. The summed E-state index contributed by atoms with van der Waals surface area (Å²) in [6.45, 7) is 14.9. The van der Waals surface area contributed by atoms with Crippen LogP contribution in [0.3, 0.4) is 0 Å². The monoisotopic (exact) mass is 770 g/mol. The van der Waals surface area contributed by atoms with Crippen molar-refractivity contribution in [3.05, 3.63) is 93.1 Å². The molecule has 3 aromatic heterocycles. The highest BCUT2D eigenvalue weighted by Crippen LogP contribution is 2.41. The summed E-state index contributed by atoms with van der Waals surface area (Å²) in [6.07, 6.45) is 5.36. The molecule has 10 nitrogen and oxygen atoms in total.